The minimum atomic E-state index is -0.315. The highest BCUT2D eigenvalue weighted by molar-refractivity contribution is 6.64. The van der Waals surface area contributed by atoms with Crippen LogP contribution in [-0.2, 0) is 53.7 Å². The van der Waals surface area contributed by atoms with E-state index in [0.717, 1.165) is 55.6 Å². The van der Waals surface area contributed by atoms with E-state index in [-0.39, 0.29) is 60.4 Å². The summed E-state index contributed by atoms with van der Waals surface area (Å²) in [6.07, 6.45) is 0. The first-order valence-corrected chi connectivity index (χ1v) is 23.8. The molecule has 0 fully saturated rings. The summed E-state index contributed by atoms with van der Waals surface area (Å²) in [5, 5.41) is 10.7. The van der Waals surface area contributed by atoms with Crippen LogP contribution >= 0.6 is 11.6 Å². The molecule has 4 heterocycles. The number of halogens is 1. The highest BCUT2D eigenvalue weighted by Gasteiger charge is 2.29. The minimum absolute atomic E-state index is 0.0588. The molecule has 372 valence electrons. The maximum atomic E-state index is 13.6. The van der Waals surface area contributed by atoms with Gasteiger partial charge in [0.2, 0.25) is 17.1 Å². The van der Waals surface area contributed by atoms with Gasteiger partial charge in [0.25, 0.3) is 11.8 Å². The highest BCUT2D eigenvalue weighted by atomic mass is 35.5. The fourth-order valence-electron chi connectivity index (χ4n) is 8.79. The van der Waals surface area contributed by atoms with E-state index in [4.69, 9.17) is 27.8 Å². The van der Waals surface area contributed by atoms with E-state index < -0.39 is 0 Å². The minimum Gasteiger partial charge on any atom is -0.460 e. The number of fused-ring (bicyclic) bond motifs is 4. The molecule has 0 bridgehead atoms. The van der Waals surface area contributed by atoms with Crippen LogP contribution < -0.4 is 11.5 Å². The van der Waals surface area contributed by atoms with Gasteiger partial charge in [-0.15, -0.1) is 0 Å². The summed E-state index contributed by atoms with van der Waals surface area (Å²) < 4.78 is 5.48. The molecule has 10 rings (SSSR count). The maximum absolute atomic E-state index is 13.6. The Balaban J connectivity index is 0.000000174. The first-order chi connectivity index (χ1) is 35.1. The van der Waals surface area contributed by atoms with E-state index in [1.54, 1.807) is 33.7 Å². The standard InChI is InChI=1S/C28H27N5O3.C24H20N4O2.C4H8ClNO/c1-32(2)16-25(34)36-17-21-9-5-6-10-22(21)18-11-12-24-23(13-18)26(31-28(29)30-24)27(35)33-14-19-7-3-4-8-20(19)15-33;25-24-26-21-10-9-15(19-8-4-3-7-18(19)14-29)11-20(21)22(27-24)23(30)28-12-16-5-1-2-6-17(16)13-28;1-6(2)3-4(5)7/h3-13H,14-17H2,1-2H3,(H2,29,30,31);1-11,29H,12-14H2,(H2,25,26,27);3H2,1-2H3. The Hall–Kier alpha value is -8.15. The first-order valence-electron chi connectivity index (χ1n) is 23.4. The van der Waals surface area contributed by atoms with Gasteiger partial charge in [0.1, 0.15) is 18.0 Å². The predicted molar refractivity (Wildman–Crippen MR) is 282 cm³/mol. The third kappa shape index (κ3) is 12.3. The van der Waals surface area contributed by atoms with Gasteiger partial charge in [-0.2, -0.15) is 0 Å². The summed E-state index contributed by atoms with van der Waals surface area (Å²) >= 11 is 4.99. The number of aliphatic hydroxyl groups excluding tert-OH is 1. The topological polar surface area (TPSA) is 214 Å². The average molecular weight is 1000 g/mol. The highest BCUT2D eigenvalue weighted by Crippen LogP contribution is 2.33. The second-order valence-electron chi connectivity index (χ2n) is 18.1. The van der Waals surface area contributed by atoms with E-state index in [9.17, 15) is 24.3 Å². The van der Waals surface area contributed by atoms with Crippen molar-refractivity contribution in [3.05, 3.63) is 178 Å². The number of rotatable bonds is 11. The van der Waals surface area contributed by atoms with E-state index in [1.165, 1.54) is 0 Å². The number of nitrogens with two attached hydrogens (primary N) is 2. The number of aliphatic hydroxyl groups is 1. The number of carbonyl (C=O) groups excluding carboxylic acids is 4. The number of carbonyl (C=O) groups is 4. The number of nitrogen functional groups attached to an aromatic ring is 2. The molecule has 2 aliphatic rings. The summed E-state index contributed by atoms with van der Waals surface area (Å²) in [5.74, 6) is -0.516. The number of likely N-dealkylation sites (N-methyl/N-ethyl adjacent to an activating group) is 2. The lowest BCUT2D eigenvalue weighted by Gasteiger charge is -2.17. The molecule has 0 saturated carbocycles. The Bertz CT molecular complexity index is 3320. The monoisotopic (exact) mass is 998 g/mol. The van der Waals surface area contributed by atoms with Crippen molar-refractivity contribution in [1.82, 2.24) is 39.5 Å². The van der Waals surface area contributed by atoms with E-state index in [0.29, 0.717) is 60.2 Å². The summed E-state index contributed by atoms with van der Waals surface area (Å²) in [4.78, 5) is 73.4. The van der Waals surface area contributed by atoms with Crippen LogP contribution in [-0.4, -0.2) is 109 Å². The summed E-state index contributed by atoms with van der Waals surface area (Å²) in [7, 11) is 7.22. The molecular formula is C56H55ClN10O6. The number of aromatic nitrogens is 4. The number of anilines is 2. The van der Waals surface area contributed by atoms with Crippen molar-refractivity contribution >= 4 is 68.3 Å². The normalized spacial score (nSPS) is 12.5. The van der Waals surface area contributed by atoms with Crippen LogP contribution in [0.2, 0.25) is 0 Å². The third-order valence-electron chi connectivity index (χ3n) is 12.2. The van der Waals surface area contributed by atoms with Crippen LogP contribution in [0.5, 0.6) is 0 Å². The lowest BCUT2D eigenvalue weighted by Crippen LogP contribution is -2.27. The van der Waals surface area contributed by atoms with Gasteiger partial charge in [-0.25, -0.2) is 19.9 Å². The Kier molecular flexibility index (Phi) is 16.1. The zero-order valence-corrected chi connectivity index (χ0v) is 41.7. The van der Waals surface area contributed by atoms with Crippen LogP contribution in [0.25, 0.3) is 44.1 Å². The lowest BCUT2D eigenvalue weighted by molar-refractivity contribution is -0.145. The fraction of sp³-hybridized carbons (Fsp3) is 0.214. The Morgan fingerprint density at radius 1 is 0.562 bits per heavy atom. The number of esters is 1. The summed E-state index contributed by atoms with van der Waals surface area (Å²) in [5.41, 5.74) is 23.5. The molecule has 0 saturated heterocycles. The molecule has 8 aromatic rings. The molecule has 0 unspecified atom stereocenters. The fourth-order valence-corrected chi connectivity index (χ4v) is 9.02. The molecule has 0 spiro atoms. The number of benzene rings is 6. The van der Waals surface area contributed by atoms with E-state index >= 15 is 0 Å². The second-order valence-corrected chi connectivity index (χ2v) is 18.6. The van der Waals surface area contributed by atoms with Crippen molar-refractivity contribution in [3.63, 3.8) is 0 Å². The van der Waals surface area contributed by atoms with Crippen LogP contribution in [0.15, 0.2) is 133 Å². The van der Waals surface area contributed by atoms with Crippen LogP contribution in [0, 0.1) is 0 Å². The van der Waals surface area contributed by atoms with Gasteiger partial charge in [-0.3, -0.25) is 24.1 Å². The van der Waals surface area contributed by atoms with Gasteiger partial charge in [-0.05, 0) is 120 Å². The third-order valence-corrected chi connectivity index (χ3v) is 12.3. The van der Waals surface area contributed by atoms with Crippen molar-refractivity contribution in [1.29, 1.82) is 0 Å². The first kappa shape index (κ1) is 51.2. The molecule has 2 aromatic heterocycles. The summed E-state index contributed by atoms with van der Waals surface area (Å²) in [6.45, 7) is 2.77. The molecule has 73 heavy (non-hydrogen) atoms. The predicted octanol–water partition coefficient (Wildman–Crippen LogP) is 7.48. The average Bonchev–Trinajstić information content (AvgIpc) is 4.02. The molecule has 0 atom stereocenters. The molecule has 17 heteroatoms. The SMILES string of the molecule is CN(C)CC(=O)Cl.CN(C)CC(=O)OCc1ccccc1-c1ccc2nc(N)nc(C(=O)N3Cc4ccccc4C3)c2c1.Nc1nc(C(=O)N2Cc3ccccc3C2)c2cc(-c3ccccc3CO)ccc2n1. The Labute approximate surface area is 427 Å². The molecule has 2 amide bonds. The zero-order chi connectivity index (χ0) is 51.8. The lowest BCUT2D eigenvalue weighted by atomic mass is 9.98. The van der Waals surface area contributed by atoms with Crippen molar-refractivity contribution in [2.45, 2.75) is 39.4 Å². The van der Waals surface area contributed by atoms with Gasteiger partial charge >= 0.3 is 5.97 Å². The number of hydrogen-bond donors (Lipinski definition) is 3. The zero-order valence-electron chi connectivity index (χ0n) is 41.0. The van der Waals surface area contributed by atoms with Gasteiger partial charge in [-0.1, -0.05) is 109 Å². The van der Waals surface area contributed by atoms with Gasteiger partial charge in [0, 0.05) is 37.0 Å². The molecule has 6 aromatic carbocycles. The van der Waals surface area contributed by atoms with Crippen molar-refractivity contribution in [3.8, 4) is 22.3 Å². The maximum Gasteiger partial charge on any atom is 0.320 e. The van der Waals surface area contributed by atoms with E-state index in [2.05, 4.69) is 19.9 Å². The summed E-state index contributed by atoms with van der Waals surface area (Å²) in [6, 6.07) is 42.8. The van der Waals surface area contributed by atoms with Crippen molar-refractivity contribution in [2.75, 3.05) is 52.7 Å². The molecule has 0 radical (unpaired) electrons. The molecule has 2 aliphatic heterocycles. The van der Waals surface area contributed by atoms with Gasteiger partial charge < -0.3 is 36.0 Å². The smallest absolute Gasteiger partial charge is 0.320 e. The molecule has 0 aliphatic carbocycles. The molecule has 5 N–H and O–H groups in total. The molecular weight excluding hydrogens is 944 g/mol. The number of nitrogens with zero attached hydrogens (tertiary/aromatic N) is 8. The second kappa shape index (κ2) is 22.9. The Morgan fingerprint density at radius 2 is 0.959 bits per heavy atom. The van der Waals surface area contributed by atoms with Gasteiger partial charge in [0.15, 0.2) is 0 Å². The molecule has 16 nitrogen and oxygen atoms in total. The van der Waals surface area contributed by atoms with Crippen molar-refractivity contribution in [2.24, 2.45) is 0 Å². The van der Waals surface area contributed by atoms with Crippen LogP contribution in [0.1, 0.15) is 54.4 Å². The number of amides is 2. The largest absolute Gasteiger partial charge is 0.460 e. The van der Waals surface area contributed by atoms with Crippen LogP contribution in [0.4, 0.5) is 11.9 Å². The number of hydrogen-bond acceptors (Lipinski definition) is 14. The van der Waals surface area contributed by atoms with Gasteiger partial charge in [0.05, 0.1) is 30.7 Å². The van der Waals surface area contributed by atoms with E-state index in [1.807, 2.05) is 148 Å². The van der Waals surface area contributed by atoms with Crippen LogP contribution in [0.3, 0.4) is 0 Å². The Morgan fingerprint density at radius 3 is 1.36 bits per heavy atom. The van der Waals surface area contributed by atoms with Crippen molar-refractivity contribution < 1.29 is 29.0 Å². The quantitative estimate of drug-likeness (QED) is 0.0847. The number of ether oxygens (including phenoxy) is 1.